The van der Waals surface area contributed by atoms with E-state index in [9.17, 15) is 9.59 Å². The quantitative estimate of drug-likeness (QED) is 0.547. The van der Waals surface area contributed by atoms with Crippen LogP contribution in [-0.2, 0) is 19.2 Å². The van der Waals surface area contributed by atoms with Crippen LogP contribution in [0.2, 0.25) is 0 Å². The zero-order valence-corrected chi connectivity index (χ0v) is 10.8. The number of rotatable bonds is 3. The molecule has 1 rings (SSSR count). The first kappa shape index (κ1) is 13.9. The number of ether oxygens (including phenoxy) is 1. The molecule has 1 heterocycles. The van der Waals surface area contributed by atoms with Crippen LogP contribution in [0.1, 0.15) is 34.1 Å². The van der Waals surface area contributed by atoms with Crippen molar-refractivity contribution in [1.29, 1.82) is 0 Å². The summed E-state index contributed by atoms with van der Waals surface area (Å²) < 4.78 is 4.94. The third-order valence-corrected chi connectivity index (χ3v) is 2.25. The molecule has 17 heavy (non-hydrogen) atoms. The Labute approximate surface area is 101 Å². The van der Waals surface area contributed by atoms with Crippen molar-refractivity contribution in [1.82, 2.24) is 5.06 Å². The van der Waals surface area contributed by atoms with E-state index >= 15 is 0 Å². The molecule has 0 bridgehead atoms. The van der Waals surface area contributed by atoms with Gasteiger partial charge in [0, 0.05) is 12.1 Å². The van der Waals surface area contributed by atoms with Gasteiger partial charge in [-0.05, 0) is 34.1 Å². The molecule has 1 unspecified atom stereocenters. The normalized spacial score (nSPS) is 21.4. The summed E-state index contributed by atoms with van der Waals surface area (Å²) in [6.45, 7) is 8.18. The van der Waals surface area contributed by atoms with Gasteiger partial charge in [0.05, 0.1) is 12.2 Å². The van der Waals surface area contributed by atoms with Gasteiger partial charge < -0.3 is 4.74 Å². The summed E-state index contributed by atoms with van der Waals surface area (Å²) in [7, 11) is 0. The smallest absolute Gasteiger partial charge is 0.330 e. The minimum Gasteiger partial charge on any atom is -0.464 e. The van der Waals surface area contributed by atoms with E-state index in [2.05, 4.69) is 0 Å². The van der Waals surface area contributed by atoms with Crippen molar-refractivity contribution < 1.29 is 19.2 Å². The minimum atomic E-state index is -0.744. The Bertz CT molecular complexity index is 339. The van der Waals surface area contributed by atoms with Gasteiger partial charge in [0.2, 0.25) is 0 Å². The lowest BCUT2D eigenvalue weighted by atomic mass is 10.1. The fraction of sp³-hybridized carbons (Fsp3) is 0.750. The Kier molecular flexibility index (Phi) is 4.46. The predicted octanol–water partition coefficient (Wildman–Crippen LogP) is 1.11. The molecule has 0 radical (unpaired) electrons. The van der Waals surface area contributed by atoms with Crippen LogP contribution in [0.3, 0.4) is 0 Å². The number of nitrogens with zero attached hydrogens (tertiary/aromatic N) is 1. The van der Waals surface area contributed by atoms with E-state index in [0.29, 0.717) is 18.5 Å². The number of hydroxylamine groups is 2. The molecule has 1 saturated heterocycles. The van der Waals surface area contributed by atoms with Gasteiger partial charge in [-0.3, -0.25) is 4.84 Å². The highest BCUT2D eigenvalue weighted by Crippen LogP contribution is 2.26. The van der Waals surface area contributed by atoms with Crippen LogP contribution in [0.25, 0.3) is 0 Å². The maximum atomic E-state index is 11.8. The molecular formula is C12H19NO4. The lowest BCUT2D eigenvalue weighted by molar-refractivity contribution is -0.236. The highest BCUT2D eigenvalue weighted by atomic mass is 16.7. The fourth-order valence-electron chi connectivity index (χ4n) is 1.71. The average Bonchev–Trinajstić information content (AvgIpc) is 2.58. The van der Waals surface area contributed by atoms with Crippen LogP contribution in [0, 0.1) is 0 Å². The van der Waals surface area contributed by atoms with Gasteiger partial charge in [0.15, 0.2) is 6.04 Å². The van der Waals surface area contributed by atoms with Gasteiger partial charge in [-0.15, -0.1) is 0 Å². The van der Waals surface area contributed by atoms with Crippen LogP contribution < -0.4 is 0 Å². The third kappa shape index (κ3) is 3.66. The molecule has 0 saturated carbocycles. The maximum absolute atomic E-state index is 11.8. The van der Waals surface area contributed by atoms with Crippen LogP contribution in [-0.4, -0.2) is 41.8 Å². The second-order valence-corrected chi connectivity index (χ2v) is 4.88. The first-order valence-corrected chi connectivity index (χ1v) is 5.75. The van der Waals surface area contributed by atoms with Crippen LogP contribution in [0.15, 0.2) is 5.57 Å². The molecule has 0 aliphatic carbocycles. The van der Waals surface area contributed by atoms with Gasteiger partial charge in [-0.2, -0.15) is 5.06 Å². The minimum absolute atomic E-state index is 0.283. The number of hydrogen-bond acceptors (Lipinski definition) is 5. The van der Waals surface area contributed by atoms with E-state index in [1.165, 1.54) is 5.06 Å². The molecule has 96 valence electrons. The fourth-order valence-corrected chi connectivity index (χ4v) is 1.71. The second kappa shape index (κ2) is 5.45. The topological polar surface area (TPSA) is 55.8 Å². The van der Waals surface area contributed by atoms with Gasteiger partial charge >= 0.3 is 5.97 Å². The molecule has 0 spiro atoms. The van der Waals surface area contributed by atoms with Crippen molar-refractivity contribution in [2.75, 3.05) is 13.2 Å². The van der Waals surface area contributed by atoms with Gasteiger partial charge in [0.25, 0.3) is 0 Å². The summed E-state index contributed by atoms with van der Waals surface area (Å²) in [5.74, 6) is 1.36. The Hall–Kier alpha value is -1.16. The zero-order chi connectivity index (χ0) is 13.1. The van der Waals surface area contributed by atoms with Gasteiger partial charge in [0.1, 0.15) is 5.94 Å². The Balaban J connectivity index is 2.84. The Morgan fingerprint density at radius 1 is 1.53 bits per heavy atom. The molecule has 1 fully saturated rings. The zero-order valence-electron chi connectivity index (χ0n) is 10.8. The van der Waals surface area contributed by atoms with Gasteiger partial charge in [-0.1, -0.05) is 0 Å². The molecule has 0 aromatic rings. The van der Waals surface area contributed by atoms with Crippen LogP contribution in [0.5, 0.6) is 0 Å². The monoisotopic (exact) mass is 241 g/mol. The van der Waals surface area contributed by atoms with Crippen molar-refractivity contribution >= 4 is 11.9 Å². The van der Waals surface area contributed by atoms with Crippen molar-refractivity contribution in [3.63, 3.8) is 0 Å². The van der Waals surface area contributed by atoms with E-state index in [-0.39, 0.29) is 6.61 Å². The number of carbonyl (C=O) groups is 1. The summed E-state index contributed by atoms with van der Waals surface area (Å²) in [4.78, 5) is 28.2. The number of hydrogen-bond donors (Lipinski definition) is 0. The first-order valence-electron chi connectivity index (χ1n) is 5.75. The van der Waals surface area contributed by atoms with E-state index in [4.69, 9.17) is 9.57 Å². The summed E-state index contributed by atoms with van der Waals surface area (Å²) in [6, 6.07) is -0.744. The van der Waals surface area contributed by atoms with Crippen molar-refractivity contribution in [3.05, 3.63) is 5.57 Å². The summed E-state index contributed by atoms with van der Waals surface area (Å²) in [5.41, 5.74) is -0.0176. The summed E-state index contributed by atoms with van der Waals surface area (Å²) in [5, 5.41) is 1.51. The standard InChI is InChI=1S/C12H19NO4/c1-5-16-11(15)10-9(8-14)6-7-13(10)17-12(2,3)4/h10H,5-7H2,1-4H3. The number of esters is 1. The van der Waals surface area contributed by atoms with Crippen LogP contribution >= 0.6 is 0 Å². The molecular weight excluding hydrogens is 222 g/mol. The largest absolute Gasteiger partial charge is 0.464 e. The van der Waals surface area contributed by atoms with Crippen LogP contribution in [0.4, 0.5) is 0 Å². The Morgan fingerprint density at radius 2 is 2.18 bits per heavy atom. The highest BCUT2D eigenvalue weighted by Gasteiger charge is 2.40. The predicted molar refractivity (Wildman–Crippen MR) is 61.8 cm³/mol. The molecule has 0 amide bonds. The van der Waals surface area contributed by atoms with Crippen molar-refractivity contribution in [2.24, 2.45) is 0 Å². The lowest BCUT2D eigenvalue weighted by Gasteiger charge is -2.29. The molecule has 5 nitrogen and oxygen atoms in total. The van der Waals surface area contributed by atoms with E-state index in [1.807, 2.05) is 26.7 Å². The molecule has 0 aromatic heterocycles. The molecule has 0 aromatic carbocycles. The molecule has 0 N–H and O–H groups in total. The van der Waals surface area contributed by atoms with E-state index in [1.54, 1.807) is 6.92 Å². The van der Waals surface area contributed by atoms with E-state index in [0.717, 1.165) is 0 Å². The molecule has 1 aliphatic heterocycles. The van der Waals surface area contributed by atoms with Crippen molar-refractivity contribution in [2.45, 2.75) is 45.8 Å². The van der Waals surface area contributed by atoms with Gasteiger partial charge in [-0.25, -0.2) is 9.59 Å². The summed E-state index contributed by atoms with van der Waals surface area (Å²) >= 11 is 0. The molecule has 1 aliphatic rings. The van der Waals surface area contributed by atoms with Crippen molar-refractivity contribution in [3.8, 4) is 0 Å². The van der Waals surface area contributed by atoms with E-state index < -0.39 is 17.6 Å². The lowest BCUT2D eigenvalue weighted by Crippen LogP contribution is -2.42. The maximum Gasteiger partial charge on any atom is 0.330 e. The average molecular weight is 241 g/mol. The molecule has 1 atom stereocenters. The molecule has 5 heteroatoms. The SMILES string of the molecule is CCOC(=O)C1C(=C=O)CCN1OC(C)(C)C. The Morgan fingerprint density at radius 3 is 2.65 bits per heavy atom. The highest BCUT2D eigenvalue weighted by molar-refractivity contribution is 5.83. The first-order chi connectivity index (χ1) is 7.89. The second-order valence-electron chi connectivity index (χ2n) is 4.88. The summed E-state index contributed by atoms with van der Waals surface area (Å²) in [6.07, 6.45) is 0.489. The third-order valence-electron chi connectivity index (χ3n) is 2.25. The number of carbonyl (C=O) groups excluding carboxylic acids is 2.